The van der Waals surface area contributed by atoms with Gasteiger partial charge in [0.05, 0.1) is 0 Å². The van der Waals surface area contributed by atoms with Crippen molar-refractivity contribution in [2.75, 3.05) is 0 Å². The maximum atomic E-state index is 3.56. The molecule has 3 aromatic rings. The van der Waals surface area contributed by atoms with Gasteiger partial charge in [-0.1, -0.05) is 68.3 Å². The Bertz CT molecular complexity index is 833. The van der Waals surface area contributed by atoms with Crippen molar-refractivity contribution in [1.29, 1.82) is 0 Å². The lowest BCUT2D eigenvalue weighted by Gasteiger charge is -2.06. The summed E-state index contributed by atoms with van der Waals surface area (Å²) in [5, 5.41) is 0. The zero-order valence-electron chi connectivity index (χ0n) is 11.2. The summed E-state index contributed by atoms with van der Waals surface area (Å²) in [4.78, 5) is 0. The van der Waals surface area contributed by atoms with Crippen LogP contribution in [0.25, 0.3) is 22.3 Å². The fourth-order valence-corrected chi connectivity index (χ4v) is 3.67. The van der Waals surface area contributed by atoms with Crippen molar-refractivity contribution >= 4 is 31.9 Å². The molecule has 0 unspecified atom stereocenters. The zero-order chi connectivity index (χ0) is 14.4. The smallest absolute Gasteiger partial charge is 0.0178 e. The first-order valence-corrected chi connectivity index (χ1v) is 8.47. The van der Waals surface area contributed by atoms with Gasteiger partial charge in [0.15, 0.2) is 0 Å². The standard InChI is InChI=1S/C19H12Br2/c20-16-4-1-12(2-5-16)13-3-7-18-14(9-13)10-15-11-17(21)6-8-19(15)18/h1-9,11H,10H2. The summed E-state index contributed by atoms with van der Waals surface area (Å²) in [7, 11) is 0. The number of hydrogen-bond donors (Lipinski definition) is 0. The van der Waals surface area contributed by atoms with Crippen LogP contribution in [0, 0.1) is 0 Å². The third-order valence-electron chi connectivity index (χ3n) is 4.02. The lowest BCUT2D eigenvalue weighted by molar-refractivity contribution is 1.26. The molecular weight excluding hydrogens is 388 g/mol. The molecule has 4 rings (SSSR count). The Labute approximate surface area is 141 Å². The van der Waals surface area contributed by atoms with E-state index < -0.39 is 0 Å². The van der Waals surface area contributed by atoms with E-state index in [1.807, 2.05) is 0 Å². The van der Waals surface area contributed by atoms with Gasteiger partial charge < -0.3 is 0 Å². The predicted molar refractivity (Wildman–Crippen MR) is 95.5 cm³/mol. The second-order valence-corrected chi connectivity index (χ2v) is 7.19. The topological polar surface area (TPSA) is 0 Å². The summed E-state index contributed by atoms with van der Waals surface area (Å²) in [6.07, 6.45) is 1.02. The SMILES string of the molecule is Brc1ccc(-c2ccc3c(c2)Cc2cc(Br)ccc2-3)cc1. The Morgan fingerprint density at radius 1 is 0.571 bits per heavy atom. The molecule has 0 radical (unpaired) electrons. The molecule has 0 amide bonds. The molecule has 102 valence electrons. The fourth-order valence-electron chi connectivity index (χ4n) is 3.00. The van der Waals surface area contributed by atoms with E-state index in [0.29, 0.717) is 0 Å². The molecule has 21 heavy (non-hydrogen) atoms. The fraction of sp³-hybridized carbons (Fsp3) is 0.0526. The van der Waals surface area contributed by atoms with Crippen molar-refractivity contribution in [2.24, 2.45) is 0 Å². The molecule has 1 aliphatic carbocycles. The maximum Gasteiger partial charge on any atom is 0.0178 e. The van der Waals surface area contributed by atoms with Crippen molar-refractivity contribution in [3.8, 4) is 22.3 Å². The second kappa shape index (κ2) is 5.11. The van der Waals surface area contributed by atoms with Crippen LogP contribution in [-0.2, 0) is 6.42 Å². The van der Waals surface area contributed by atoms with Gasteiger partial charge in [0.1, 0.15) is 0 Å². The number of halogens is 2. The molecule has 0 bridgehead atoms. The van der Waals surface area contributed by atoms with Gasteiger partial charge >= 0.3 is 0 Å². The minimum absolute atomic E-state index is 1.02. The average molecular weight is 400 g/mol. The highest BCUT2D eigenvalue weighted by Crippen LogP contribution is 2.39. The third kappa shape index (κ3) is 2.37. The molecule has 2 heteroatoms. The van der Waals surface area contributed by atoms with Crippen LogP contribution in [0.2, 0.25) is 0 Å². The summed E-state index contributed by atoms with van der Waals surface area (Å²) in [5.74, 6) is 0. The molecule has 0 aliphatic heterocycles. The highest BCUT2D eigenvalue weighted by atomic mass is 79.9. The van der Waals surface area contributed by atoms with Gasteiger partial charge in [0, 0.05) is 8.95 Å². The third-order valence-corrected chi connectivity index (χ3v) is 5.04. The van der Waals surface area contributed by atoms with Crippen LogP contribution in [0.4, 0.5) is 0 Å². The van der Waals surface area contributed by atoms with Crippen LogP contribution in [0.15, 0.2) is 69.6 Å². The Hall–Kier alpha value is -1.38. The quantitative estimate of drug-likeness (QED) is 0.345. The van der Waals surface area contributed by atoms with Crippen molar-refractivity contribution < 1.29 is 0 Å². The maximum absolute atomic E-state index is 3.56. The monoisotopic (exact) mass is 398 g/mol. The van der Waals surface area contributed by atoms with Gasteiger partial charge in [-0.3, -0.25) is 0 Å². The van der Waals surface area contributed by atoms with E-state index in [1.54, 1.807) is 0 Å². The molecule has 0 spiro atoms. The van der Waals surface area contributed by atoms with Gasteiger partial charge in [0.2, 0.25) is 0 Å². The van der Waals surface area contributed by atoms with Gasteiger partial charge in [0.25, 0.3) is 0 Å². The first kappa shape index (κ1) is 13.3. The molecule has 0 fully saturated rings. The minimum atomic E-state index is 1.02. The average Bonchev–Trinajstić information content (AvgIpc) is 2.84. The Kier molecular flexibility index (Phi) is 3.24. The van der Waals surface area contributed by atoms with Crippen molar-refractivity contribution in [3.63, 3.8) is 0 Å². The van der Waals surface area contributed by atoms with E-state index >= 15 is 0 Å². The molecule has 0 N–H and O–H groups in total. The lowest BCUT2D eigenvalue weighted by Crippen LogP contribution is -1.83. The first-order chi connectivity index (χ1) is 10.2. The van der Waals surface area contributed by atoms with Crippen molar-refractivity contribution in [2.45, 2.75) is 6.42 Å². The molecule has 0 saturated carbocycles. The number of hydrogen-bond acceptors (Lipinski definition) is 0. The summed E-state index contributed by atoms with van der Waals surface area (Å²) in [6, 6.07) is 21.9. The molecule has 0 aromatic heterocycles. The predicted octanol–water partition coefficient (Wildman–Crippen LogP) is 6.45. The Morgan fingerprint density at radius 3 is 1.90 bits per heavy atom. The van der Waals surface area contributed by atoms with Crippen LogP contribution in [0.5, 0.6) is 0 Å². The van der Waals surface area contributed by atoms with Crippen LogP contribution in [0.1, 0.15) is 11.1 Å². The Morgan fingerprint density at radius 2 is 1.14 bits per heavy atom. The van der Waals surface area contributed by atoms with Crippen molar-refractivity contribution in [1.82, 2.24) is 0 Å². The van der Waals surface area contributed by atoms with Gasteiger partial charge in [-0.25, -0.2) is 0 Å². The summed E-state index contributed by atoms with van der Waals surface area (Å²) < 4.78 is 2.27. The van der Waals surface area contributed by atoms with E-state index in [-0.39, 0.29) is 0 Å². The normalized spacial score (nSPS) is 12.1. The summed E-state index contributed by atoms with van der Waals surface area (Å²) in [5.41, 5.74) is 8.12. The van der Waals surface area contributed by atoms with Crippen LogP contribution in [0.3, 0.4) is 0 Å². The summed E-state index contributed by atoms with van der Waals surface area (Å²) >= 11 is 7.05. The van der Waals surface area contributed by atoms with E-state index in [1.165, 1.54) is 33.4 Å². The number of fused-ring (bicyclic) bond motifs is 3. The summed E-state index contributed by atoms with van der Waals surface area (Å²) in [6.45, 7) is 0. The van der Waals surface area contributed by atoms with Gasteiger partial charge in [-0.05, 0) is 64.1 Å². The van der Waals surface area contributed by atoms with Gasteiger partial charge in [-0.15, -0.1) is 0 Å². The minimum Gasteiger partial charge on any atom is -0.0537 e. The number of benzene rings is 3. The van der Waals surface area contributed by atoms with E-state index in [4.69, 9.17) is 0 Å². The van der Waals surface area contributed by atoms with E-state index in [0.717, 1.165) is 15.4 Å². The van der Waals surface area contributed by atoms with E-state index in [2.05, 4.69) is 92.5 Å². The molecule has 0 atom stereocenters. The molecule has 0 nitrogen and oxygen atoms in total. The zero-order valence-corrected chi connectivity index (χ0v) is 14.4. The molecular formula is C19H12Br2. The number of rotatable bonds is 1. The van der Waals surface area contributed by atoms with Crippen LogP contribution >= 0.6 is 31.9 Å². The molecule has 1 aliphatic rings. The van der Waals surface area contributed by atoms with Crippen LogP contribution in [-0.4, -0.2) is 0 Å². The molecule has 0 heterocycles. The van der Waals surface area contributed by atoms with Crippen molar-refractivity contribution in [3.05, 3.63) is 80.7 Å². The van der Waals surface area contributed by atoms with Gasteiger partial charge in [-0.2, -0.15) is 0 Å². The highest BCUT2D eigenvalue weighted by molar-refractivity contribution is 9.10. The second-order valence-electron chi connectivity index (χ2n) is 5.36. The lowest BCUT2D eigenvalue weighted by atomic mass is 9.99. The van der Waals surface area contributed by atoms with E-state index in [9.17, 15) is 0 Å². The highest BCUT2D eigenvalue weighted by Gasteiger charge is 2.18. The molecule has 0 saturated heterocycles. The molecule has 3 aromatic carbocycles. The largest absolute Gasteiger partial charge is 0.0537 e. The van der Waals surface area contributed by atoms with Crippen LogP contribution < -0.4 is 0 Å². The Balaban J connectivity index is 1.79. The first-order valence-electron chi connectivity index (χ1n) is 6.88.